The van der Waals surface area contributed by atoms with E-state index in [9.17, 15) is 4.79 Å². The molecule has 4 nitrogen and oxygen atoms in total. The highest BCUT2D eigenvalue weighted by Gasteiger charge is 2.27. The lowest BCUT2D eigenvalue weighted by Gasteiger charge is -2.35. The fourth-order valence-corrected chi connectivity index (χ4v) is 4.98. The van der Waals surface area contributed by atoms with E-state index in [0.29, 0.717) is 6.54 Å². The summed E-state index contributed by atoms with van der Waals surface area (Å²) in [7, 11) is 0. The van der Waals surface area contributed by atoms with E-state index in [1.54, 1.807) is 0 Å². The number of nitrogens with one attached hydrogen (secondary N) is 2. The summed E-state index contributed by atoms with van der Waals surface area (Å²) in [5.41, 5.74) is 2.73. The lowest BCUT2D eigenvalue weighted by Crippen LogP contribution is -2.44. The lowest BCUT2D eigenvalue weighted by molar-refractivity contribution is -0.125. The number of rotatable bonds is 5. The van der Waals surface area contributed by atoms with Gasteiger partial charge in [-0.05, 0) is 48.4 Å². The van der Waals surface area contributed by atoms with Gasteiger partial charge in [0, 0.05) is 31.1 Å². The number of fused-ring (bicyclic) bond motifs is 1. The number of carbonyl (C=O) groups is 1. The van der Waals surface area contributed by atoms with Gasteiger partial charge in [0.05, 0.1) is 12.0 Å². The summed E-state index contributed by atoms with van der Waals surface area (Å²) in [6, 6.07) is 13.1. The molecule has 1 amide bonds. The van der Waals surface area contributed by atoms with Crippen LogP contribution in [0.2, 0.25) is 0 Å². The van der Waals surface area contributed by atoms with Crippen molar-refractivity contribution in [1.82, 2.24) is 15.5 Å². The molecule has 2 aliphatic heterocycles. The quantitative estimate of drug-likeness (QED) is 0.852. The van der Waals surface area contributed by atoms with Gasteiger partial charge in [-0.2, -0.15) is 0 Å². The van der Waals surface area contributed by atoms with Crippen molar-refractivity contribution in [3.63, 3.8) is 0 Å². The standard InChI is InChI=1S/C21H27N3OS/c25-21(17-7-4-10-22-13-17)23-14-19(16-5-2-1-3-6-16)24-11-8-20-18(15-24)9-12-26-20/h1-3,5-6,9,12,17,19,22H,4,7-8,10-11,13-15H2,(H,23,25). The molecule has 1 saturated heterocycles. The highest BCUT2D eigenvalue weighted by atomic mass is 32.1. The second-order valence-corrected chi connectivity index (χ2v) is 8.31. The lowest BCUT2D eigenvalue weighted by atomic mass is 9.98. The maximum atomic E-state index is 12.6. The van der Waals surface area contributed by atoms with E-state index in [4.69, 9.17) is 0 Å². The predicted molar refractivity (Wildman–Crippen MR) is 106 cm³/mol. The zero-order valence-corrected chi connectivity index (χ0v) is 15.9. The fourth-order valence-electron chi connectivity index (χ4n) is 4.09. The number of hydrogen-bond donors (Lipinski definition) is 2. The van der Waals surface area contributed by atoms with Gasteiger partial charge in [-0.1, -0.05) is 30.3 Å². The maximum Gasteiger partial charge on any atom is 0.224 e. The van der Waals surface area contributed by atoms with E-state index in [-0.39, 0.29) is 17.9 Å². The summed E-state index contributed by atoms with van der Waals surface area (Å²) in [5, 5.41) is 8.78. The molecule has 2 aliphatic rings. The van der Waals surface area contributed by atoms with Gasteiger partial charge in [-0.15, -0.1) is 11.3 Å². The van der Waals surface area contributed by atoms with Crippen molar-refractivity contribution >= 4 is 17.2 Å². The molecule has 3 heterocycles. The monoisotopic (exact) mass is 369 g/mol. The van der Waals surface area contributed by atoms with Crippen molar-refractivity contribution < 1.29 is 4.79 Å². The summed E-state index contributed by atoms with van der Waals surface area (Å²) in [5.74, 6) is 0.316. The van der Waals surface area contributed by atoms with Crippen LogP contribution in [-0.2, 0) is 17.8 Å². The average molecular weight is 370 g/mol. The Kier molecular flexibility index (Phi) is 5.68. The summed E-state index contributed by atoms with van der Waals surface area (Å²) < 4.78 is 0. The summed E-state index contributed by atoms with van der Waals surface area (Å²) in [4.78, 5) is 16.6. The summed E-state index contributed by atoms with van der Waals surface area (Å²) in [6.45, 7) is 4.54. The molecule has 2 atom stereocenters. The zero-order chi connectivity index (χ0) is 17.8. The number of carbonyl (C=O) groups excluding carboxylic acids is 1. The van der Waals surface area contributed by atoms with Crippen molar-refractivity contribution in [2.75, 3.05) is 26.2 Å². The molecule has 0 saturated carbocycles. The van der Waals surface area contributed by atoms with Crippen LogP contribution >= 0.6 is 11.3 Å². The zero-order valence-electron chi connectivity index (χ0n) is 15.1. The van der Waals surface area contributed by atoms with Crippen LogP contribution in [0.3, 0.4) is 0 Å². The molecule has 0 aliphatic carbocycles. The van der Waals surface area contributed by atoms with Gasteiger partial charge in [-0.25, -0.2) is 0 Å². The molecule has 0 radical (unpaired) electrons. The number of thiophene rings is 1. The first-order valence-electron chi connectivity index (χ1n) is 9.64. The largest absolute Gasteiger partial charge is 0.354 e. The molecule has 138 valence electrons. The summed E-state index contributed by atoms with van der Waals surface area (Å²) in [6.07, 6.45) is 3.20. The Hall–Kier alpha value is -1.69. The third-order valence-electron chi connectivity index (χ3n) is 5.60. The van der Waals surface area contributed by atoms with Gasteiger partial charge < -0.3 is 10.6 Å². The van der Waals surface area contributed by atoms with Gasteiger partial charge in [0.2, 0.25) is 5.91 Å². The summed E-state index contributed by atoms with van der Waals surface area (Å²) >= 11 is 1.87. The third kappa shape index (κ3) is 4.00. The Bertz CT molecular complexity index is 724. The van der Waals surface area contributed by atoms with Crippen molar-refractivity contribution in [3.05, 3.63) is 57.8 Å². The molecular weight excluding hydrogens is 342 g/mol. The second-order valence-electron chi connectivity index (χ2n) is 7.30. The van der Waals surface area contributed by atoms with Crippen LogP contribution < -0.4 is 10.6 Å². The minimum Gasteiger partial charge on any atom is -0.354 e. The van der Waals surface area contributed by atoms with Gasteiger partial charge in [-0.3, -0.25) is 9.69 Å². The normalized spacial score (nSPS) is 21.8. The van der Waals surface area contributed by atoms with E-state index in [0.717, 1.165) is 45.4 Å². The second kappa shape index (κ2) is 8.33. The van der Waals surface area contributed by atoms with Crippen molar-refractivity contribution in [2.24, 2.45) is 5.92 Å². The van der Waals surface area contributed by atoms with Gasteiger partial charge in [0.15, 0.2) is 0 Å². The molecule has 26 heavy (non-hydrogen) atoms. The molecular formula is C21H27N3OS. The molecule has 0 spiro atoms. The van der Waals surface area contributed by atoms with E-state index in [2.05, 4.69) is 57.3 Å². The SMILES string of the molecule is O=C(NCC(c1ccccc1)N1CCc2sccc2C1)C1CCCNC1. The third-order valence-corrected chi connectivity index (χ3v) is 6.62. The molecule has 1 fully saturated rings. The van der Waals surface area contributed by atoms with Crippen LogP contribution in [0, 0.1) is 5.92 Å². The van der Waals surface area contributed by atoms with Gasteiger partial charge in [0.1, 0.15) is 0 Å². The fraction of sp³-hybridized carbons (Fsp3) is 0.476. The minimum absolute atomic E-state index is 0.116. The van der Waals surface area contributed by atoms with E-state index >= 15 is 0 Å². The molecule has 2 unspecified atom stereocenters. The van der Waals surface area contributed by atoms with E-state index < -0.39 is 0 Å². The Morgan fingerprint density at radius 2 is 2.19 bits per heavy atom. The Morgan fingerprint density at radius 3 is 3.00 bits per heavy atom. The first-order valence-corrected chi connectivity index (χ1v) is 10.5. The molecule has 4 rings (SSSR count). The van der Waals surface area contributed by atoms with Crippen LogP contribution in [0.4, 0.5) is 0 Å². The Labute approximate surface area is 159 Å². The number of amides is 1. The molecule has 5 heteroatoms. The molecule has 1 aromatic carbocycles. The average Bonchev–Trinajstić information content (AvgIpc) is 3.17. The van der Waals surface area contributed by atoms with Crippen LogP contribution in [0.25, 0.3) is 0 Å². The number of hydrogen-bond acceptors (Lipinski definition) is 4. The van der Waals surface area contributed by atoms with Crippen molar-refractivity contribution in [3.8, 4) is 0 Å². The van der Waals surface area contributed by atoms with Gasteiger partial charge >= 0.3 is 0 Å². The minimum atomic E-state index is 0.116. The number of piperidine rings is 1. The maximum absolute atomic E-state index is 12.6. The highest BCUT2D eigenvalue weighted by molar-refractivity contribution is 7.10. The van der Waals surface area contributed by atoms with Crippen LogP contribution in [0.5, 0.6) is 0 Å². The first-order chi connectivity index (χ1) is 12.8. The van der Waals surface area contributed by atoms with E-state index in [1.165, 1.54) is 16.0 Å². The Balaban J connectivity index is 1.46. The van der Waals surface area contributed by atoms with Crippen LogP contribution in [-0.4, -0.2) is 37.0 Å². The highest BCUT2D eigenvalue weighted by Crippen LogP contribution is 2.30. The molecule has 1 aromatic heterocycles. The topological polar surface area (TPSA) is 44.4 Å². The molecule has 0 bridgehead atoms. The van der Waals surface area contributed by atoms with E-state index in [1.807, 2.05) is 11.3 Å². The van der Waals surface area contributed by atoms with Crippen molar-refractivity contribution in [1.29, 1.82) is 0 Å². The molecule has 2 N–H and O–H groups in total. The van der Waals surface area contributed by atoms with Crippen LogP contribution in [0.1, 0.15) is 34.9 Å². The number of nitrogens with zero attached hydrogens (tertiary/aromatic N) is 1. The first kappa shape index (κ1) is 17.7. The predicted octanol–water partition coefficient (Wildman–Crippen LogP) is 2.96. The van der Waals surface area contributed by atoms with Crippen molar-refractivity contribution in [2.45, 2.75) is 31.8 Å². The Morgan fingerprint density at radius 1 is 1.31 bits per heavy atom. The number of benzene rings is 1. The van der Waals surface area contributed by atoms with Gasteiger partial charge in [0.25, 0.3) is 0 Å². The molecule has 2 aromatic rings. The smallest absolute Gasteiger partial charge is 0.224 e. The van der Waals surface area contributed by atoms with Crippen LogP contribution in [0.15, 0.2) is 41.8 Å².